The Morgan fingerprint density at radius 1 is 1.67 bits per heavy atom. The fourth-order valence-electron chi connectivity index (χ4n) is 1.17. The third-order valence-electron chi connectivity index (χ3n) is 1.79. The summed E-state index contributed by atoms with van der Waals surface area (Å²) in [6.45, 7) is 4.90. The molecule has 0 unspecified atom stereocenters. The molecular weight excluding hydrogens is 240 g/mol. The largest absolute Gasteiger partial charge is 0.377 e. The third-order valence-corrected chi connectivity index (χ3v) is 3.09. The summed E-state index contributed by atoms with van der Waals surface area (Å²) < 4.78 is 28.7. The first kappa shape index (κ1) is 12.5. The first-order valence-corrected chi connectivity index (χ1v) is 6.83. The summed E-state index contributed by atoms with van der Waals surface area (Å²) >= 11 is 0. The van der Waals surface area contributed by atoms with Crippen LogP contribution in [0.15, 0.2) is 17.3 Å². The van der Waals surface area contributed by atoms with Crippen LogP contribution < -0.4 is 0 Å². The first-order chi connectivity index (χ1) is 6.93. The molecule has 0 aromatic carbocycles. The van der Waals surface area contributed by atoms with Gasteiger partial charge in [0.2, 0.25) is 0 Å². The molecule has 1 atom stereocenters. The maximum Gasteiger partial charge on any atom is 0.264 e. The lowest BCUT2D eigenvalue weighted by Gasteiger charge is -2.10. The molecule has 1 aromatic rings. The van der Waals surface area contributed by atoms with Crippen molar-refractivity contribution in [3.63, 3.8) is 0 Å². The summed E-state index contributed by atoms with van der Waals surface area (Å²) in [5.41, 5.74) is 0. The topological polar surface area (TPSA) is 61.2 Å². The van der Waals surface area contributed by atoms with E-state index >= 15 is 0 Å². The fraction of sp³-hybridized carbons (Fsp3) is 0.625. The van der Waals surface area contributed by atoms with Crippen molar-refractivity contribution < 1.29 is 13.2 Å². The molecule has 1 heterocycles. The Morgan fingerprint density at radius 2 is 2.33 bits per heavy atom. The number of aromatic nitrogens is 2. The van der Waals surface area contributed by atoms with Crippen LogP contribution in [0.25, 0.3) is 0 Å². The van der Waals surface area contributed by atoms with Gasteiger partial charge in [-0.15, -0.1) is 0 Å². The quantitative estimate of drug-likeness (QED) is 0.740. The maximum atomic E-state index is 10.9. The van der Waals surface area contributed by atoms with E-state index < -0.39 is 9.05 Å². The molecule has 0 fully saturated rings. The van der Waals surface area contributed by atoms with Crippen molar-refractivity contribution in [3.8, 4) is 0 Å². The Hall–Kier alpha value is -0.590. The molecule has 0 radical (unpaired) electrons. The number of halogens is 1. The van der Waals surface area contributed by atoms with Crippen LogP contribution in [0.3, 0.4) is 0 Å². The summed E-state index contributed by atoms with van der Waals surface area (Å²) in [6, 6.07) is 0. The zero-order chi connectivity index (χ0) is 11.5. The zero-order valence-corrected chi connectivity index (χ0v) is 10.1. The highest BCUT2D eigenvalue weighted by atomic mass is 35.7. The highest BCUT2D eigenvalue weighted by molar-refractivity contribution is 8.13. The van der Waals surface area contributed by atoms with Crippen molar-refractivity contribution in [1.29, 1.82) is 0 Å². The molecule has 0 spiro atoms. The number of rotatable bonds is 5. The van der Waals surface area contributed by atoms with E-state index in [9.17, 15) is 8.42 Å². The average Bonchev–Trinajstić information content (AvgIpc) is 2.52. The molecule has 0 saturated heterocycles. The summed E-state index contributed by atoms with van der Waals surface area (Å²) in [5, 5.41) is 3.88. The molecule has 86 valence electrons. The highest BCUT2D eigenvalue weighted by Crippen LogP contribution is 2.13. The van der Waals surface area contributed by atoms with E-state index in [2.05, 4.69) is 5.10 Å². The van der Waals surface area contributed by atoms with Crippen LogP contribution in [0.2, 0.25) is 0 Å². The third kappa shape index (κ3) is 3.81. The summed E-state index contributed by atoms with van der Waals surface area (Å²) in [5.74, 6) is 0. The Morgan fingerprint density at radius 3 is 2.80 bits per heavy atom. The lowest BCUT2D eigenvalue weighted by atomic mass is 10.4. The van der Waals surface area contributed by atoms with Crippen molar-refractivity contribution in [2.45, 2.75) is 31.4 Å². The molecule has 1 aromatic heterocycles. The van der Waals surface area contributed by atoms with Crippen LogP contribution >= 0.6 is 10.7 Å². The molecule has 0 aliphatic carbocycles. The van der Waals surface area contributed by atoms with Gasteiger partial charge in [-0.25, -0.2) is 8.42 Å². The van der Waals surface area contributed by atoms with Crippen molar-refractivity contribution >= 4 is 19.7 Å². The van der Waals surface area contributed by atoms with Gasteiger partial charge in [-0.05, 0) is 13.8 Å². The van der Waals surface area contributed by atoms with Crippen molar-refractivity contribution in [3.05, 3.63) is 12.4 Å². The van der Waals surface area contributed by atoms with Gasteiger partial charge in [0.15, 0.2) is 0 Å². The normalized spacial score (nSPS) is 14.1. The first-order valence-electron chi connectivity index (χ1n) is 4.52. The summed E-state index contributed by atoms with van der Waals surface area (Å²) in [6.07, 6.45) is 2.60. The van der Waals surface area contributed by atoms with Gasteiger partial charge in [0, 0.05) is 23.5 Å². The number of ether oxygens (including phenoxy) is 1. The summed E-state index contributed by atoms with van der Waals surface area (Å²) in [4.78, 5) is 0.00728. The highest BCUT2D eigenvalue weighted by Gasteiger charge is 2.13. The van der Waals surface area contributed by atoms with Crippen LogP contribution in [-0.4, -0.2) is 30.9 Å². The van der Waals surface area contributed by atoms with E-state index in [4.69, 9.17) is 15.4 Å². The smallest absolute Gasteiger partial charge is 0.264 e. The van der Waals surface area contributed by atoms with Gasteiger partial charge in [-0.3, -0.25) is 4.68 Å². The molecule has 15 heavy (non-hydrogen) atoms. The van der Waals surface area contributed by atoms with Crippen molar-refractivity contribution in [2.75, 3.05) is 6.61 Å². The van der Waals surface area contributed by atoms with Gasteiger partial charge in [0.25, 0.3) is 9.05 Å². The molecular formula is C8H13ClN2O3S. The second kappa shape index (κ2) is 4.96. The molecule has 0 aliphatic heterocycles. The van der Waals surface area contributed by atoms with Gasteiger partial charge in [-0.2, -0.15) is 5.10 Å². The standard InChI is InChI=1S/C8H13ClN2O3S/c1-3-14-7(2)5-11-6-8(4-10-11)15(9,12)13/h4,6-7H,3,5H2,1-2H3/t7-/m0/s1. The maximum absolute atomic E-state index is 10.9. The van der Waals surface area contributed by atoms with Crippen LogP contribution in [0.5, 0.6) is 0 Å². The molecule has 7 heteroatoms. The monoisotopic (exact) mass is 252 g/mol. The SMILES string of the molecule is CCO[C@@H](C)Cn1cc(S(=O)(=O)Cl)cn1. The van der Waals surface area contributed by atoms with Crippen LogP contribution in [0.1, 0.15) is 13.8 Å². The van der Waals surface area contributed by atoms with Crippen LogP contribution in [0.4, 0.5) is 0 Å². The van der Waals surface area contributed by atoms with E-state index in [1.54, 1.807) is 0 Å². The van der Waals surface area contributed by atoms with Crippen LogP contribution in [-0.2, 0) is 20.3 Å². The van der Waals surface area contributed by atoms with Gasteiger partial charge in [-0.1, -0.05) is 0 Å². The Bertz CT molecular complexity index is 415. The predicted octanol–water partition coefficient (Wildman–Crippen LogP) is 1.24. The molecule has 0 N–H and O–H groups in total. The van der Waals surface area contributed by atoms with Crippen LogP contribution in [0, 0.1) is 0 Å². The Kier molecular flexibility index (Phi) is 4.12. The van der Waals surface area contributed by atoms with E-state index in [1.807, 2.05) is 13.8 Å². The minimum atomic E-state index is -3.68. The fourth-order valence-corrected chi connectivity index (χ4v) is 1.83. The minimum absolute atomic E-state index is 0.00728. The average molecular weight is 253 g/mol. The second-order valence-electron chi connectivity index (χ2n) is 3.10. The number of hydrogen-bond acceptors (Lipinski definition) is 4. The second-order valence-corrected chi connectivity index (χ2v) is 5.67. The van der Waals surface area contributed by atoms with Gasteiger partial charge in [0.1, 0.15) is 4.90 Å². The summed E-state index contributed by atoms with van der Waals surface area (Å²) in [7, 11) is 1.48. The number of hydrogen-bond donors (Lipinski definition) is 0. The Balaban J connectivity index is 2.69. The molecule has 0 amide bonds. The molecule has 0 aliphatic rings. The number of nitrogens with zero attached hydrogens (tertiary/aromatic N) is 2. The van der Waals surface area contributed by atoms with E-state index in [1.165, 1.54) is 17.1 Å². The molecule has 0 bridgehead atoms. The lowest BCUT2D eigenvalue weighted by Crippen LogP contribution is -2.16. The minimum Gasteiger partial charge on any atom is -0.377 e. The van der Waals surface area contributed by atoms with Gasteiger partial charge >= 0.3 is 0 Å². The van der Waals surface area contributed by atoms with Gasteiger partial charge in [0.05, 0.1) is 18.8 Å². The zero-order valence-electron chi connectivity index (χ0n) is 8.55. The molecule has 5 nitrogen and oxygen atoms in total. The Labute approximate surface area is 93.4 Å². The van der Waals surface area contributed by atoms with Crippen molar-refractivity contribution in [2.24, 2.45) is 0 Å². The van der Waals surface area contributed by atoms with E-state index in [0.29, 0.717) is 13.2 Å². The predicted molar refractivity (Wildman–Crippen MR) is 56.4 cm³/mol. The van der Waals surface area contributed by atoms with E-state index in [-0.39, 0.29) is 11.0 Å². The lowest BCUT2D eigenvalue weighted by molar-refractivity contribution is 0.0614. The van der Waals surface area contributed by atoms with Crippen molar-refractivity contribution in [1.82, 2.24) is 9.78 Å². The molecule has 0 saturated carbocycles. The van der Waals surface area contributed by atoms with Gasteiger partial charge < -0.3 is 4.74 Å². The van der Waals surface area contributed by atoms with E-state index in [0.717, 1.165) is 0 Å². The molecule has 1 rings (SSSR count).